The topological polar surface area (TPSA) is 55.4 Å². The molecule has 0 saturated heterocycles. The van der Waals surface area contributed by atoms with Crippen molar-refractivity contribution in [2.24, 2.45) is 5.41 Å². The second-order valence-electron chi connectivity index (χ2n) is 6.33. The van der Waals surface area contributed by atoms with Crippen LogP contribution in [0.2, 0.25) is 0 Å². The molecule has 1 N–H and O–H groups in total. The van der Waals surface area contributed by atoms with Crippen molar-refractivity contribution in [2.75, 3.05) is 18.7 Å². The van der Waals surface area contributed by atoms with E-state index in [0.29, 0.717) is 10.6 Å². The van der Waals surface area contributed by atoms with Crippen LogP contribution < -0.4 is 5.32 Å². The van der Waals surface area contributed by atoms with Gasteiger partial charge in [-0.1, -0.05) is 26.0 Å². The molecular weight excluding hydrogens is 274 g/mol. The van der Waals surface area contributed by atoms with Gasteiger partial charge in [0.25, 0.3) is 0 Å². The van der Waals surface area contributed by atoms with Gasteiger partial charge in [-0.05, 0) is 25.5 Å². The monoisotopic (exact) mass is 297 g/mol. The first-order chi connectivity index (χ1) is 9.12. The SMILES string of the molecule is CO[C@]1(C)C[C@H](Nc2ccccc2S(C)(=O)=O)C1(C)C. The molecule has 20 heavy (non-hydrogen) atoms. The normalized spacial score (nSPS) is 28.8. The van der Waals surface area contributed by atoms with E-state index in [9.17, 15) is 8.42 Å². The van der Waals surface area contributed by atoms with Crippen LogP contribution in [0.3, 0.4) is 0 Å². The van der Waals surface area contributed by atoms with Crippen LogP contribution in [0.4, 0.5) is 5.69 Å². The van der Waals surface area contributed by atoms with Crippen molar-refractivity contribution in [3.8, 4) is 0 Å². The second-order valence-corrected chi connectivity index (χ2v) is 8.31. The number of sulfone groups is 1. The zero-order valence-electron chi connectivity index (χ0n) is 12.7. The zero-order valence-corrected chi connectivity index (χ0v) is 13.5. The Morgan fingerprint density at radius 2 is 1.85 bits per heavy atom. The van der Waals surface area contributed by atoms with Gasteiger partial charge in [0.05, 0.1) is 16.2 Å². The van der Waals surface area contributed by atoms with Gasteiger partial charge < -0.3 is 10.1 Å². The Labute approximate surface area is 121 Å². The summed E-state index contributed by atoms with van der Waals surface area (Å²) in [5, 5.41) is 3.37. The van der Waals surface area contributed by atoms with Crippen molar-refractivity contribution in [2.45, 2.75) is 43.7 Å². The van der Waals surface area contributed by atoms with Crippen molar-refractivity contribution in [1.29, 1.82) is 0 Å². The predicted octanol–water partition coefficient (Wildman–Crippen LogP) is 2.71. The number of benzene rings is 1. The maximum Gasteiger partial charge on any atom is 0.177 e. The van der Waals surface area contributed by atoms with E-state index in [1.165, 1.54) is 6.26 Å². The fourth-order valence-corrected chi connectivity index (χ4v) is 3.67. The van der Waals surface area contributed by atoms with Crippen LogP contribution in [0.25, 0.3) is 0 Å². The highest BCUT2D eigenvalue weighted by atomic mass is 32.2. The molecule has 112 valence electrons. The lowest BCUT2D eigenvalue weighted by Gasteiger charge is -2.59. The molecule has 0 spiro atoms. The van der Waals surface area contributed by atoms with Crippen LogP contribution in [-0.2, 0) is 14.6 Å². The van der Waals surface area contributed by atoms with Crippen LogP contribution in [-0.4, -0.2) is 33.4 Å². The summed E-state index contributed by atoms with van der Waals surface area (Å²) in [7, 11) is -1.50. The molecule has 4 nitrogen and oxygen atoms in total. The van der Waals surface area contributed by atoms with Crippen molar-refractivity contribution in [3.63, 3.8) is 0 Å². The van der Waals surface area contributed by atoms with Gasteiger partial charge >= 0.3 is 0 Å². The van der Waals surface area contributed by atoms with Gasteiger partial charge in [-0.25, -0.2) is 8.42 Å². The third-order valence-corrected chi connectivity index (χ3v) is 6.05. The third-order valence-electron chi connectivity index (χ3n) is 4.89. The zero-order chi connectivity index (χ0) is 15.2. The Kier molecular flexibility index (Phi) is 3.63. The van der Waals surface area contributed by atoms with Crippen LogP contribution in [0, 0.1) is 5.41 Å². The summed E-state index contributed by atoms with van der Waals surface area (Å²) in [6.45, 7) is 6.37. The summed E-state index contributed by atoms with van der Waals surface area (Å²) in [6, 6.07) is 7.23. The fraction of sp³-hybridized carbons (Fsp3) is 0.600. The molecule has 2 atom stereocenters. The van der Waals surface area contributed by atoms with Crippen LogP contribution in [0.5, 0.6) is 0 Å². The molecule has 2 rings (SSSR count). The molecule has 1 aromatic rings. The van der Waals surface area contributed by atoms with Gasteiger partial charge in [-0.15, -0.1) is 0 Å². The van der Waals surface area contributed by atoms with Crippen LogP contribution >= 0.6 is 0 Å². The molecule has 0 amide bonds. The summed E-state index contributed by atoms with van der Waals surface area (Å²) in [6.07, 6.45) is 2.09. The molecule has 1 aliphatic carbocycles. The summed E-state index contributed by atoms with van der Waals surface area (Å²) < 4.78 is 29.2. The Morgan fingerprint density at radius 1 is 1.25 bits per heavy atom. The Hall–Kier alpha value is -1.07. The molecule has 5 heteroatoms. The smallest absolute Gasteiger partial charge is 0.177 e. The van der Waals surface area contributed by atoms with E-state index >= 15 is 0 Å². The quantitative estimate of drug-likeness (QED) is 0.928. The first-order valence-corrected chi connectivity index (χ1v) is 8.62. The van der Waals surface area contributed by atoms with E-state index in [-0.39, 0.29) is 17.1 Å². The number of rotatable bonds is 4. The number of anilines is 1. The van der Waals surface area contributed by atoms with Gasteiger partial charge in [-0.3, -0.25) is 0 Å². The lowest BCUT2D eigenvalue weighted by atomic mass is 9.56. The fourth-order valence-electron chi connectivity index (χ4n) is 2.82. The van der Waals surface area contributed by atoms with Crippen molar-refractivity contribution in [1.82, 2.24) is 0 Å². The lowest BCUT2D eigenvalue weighted by molar-refractivity contribution is -0.166. The highest BCUT2D eigenvalue weighted by molar-refractivity contribution is 7.90. The average molecular weight is 297 g/mol. The molecule has 0 aliphatic heterocycles. The van der Waals surface area contributed by atoms with Gasteiger partial charge in [0, 0.05) is 24.8 Å². The minimum Gasteiger partial charge on any atom is -0.380 e. The van der Waals surface area contributed by atoms with Crippen molar-refractivity contribution >= 4 is 15.5 Å². The summed E-state index contributed by atoms with van der Waals surface area (Å²) in [5.41, 5.74) is 0.433. The predicted molar refractivity (Wildman–Crippen MR) is 80.8 cm³/mol. The van der Waals surface area contributed by atoms with Crippen LogP contribution in [0.15, 0.2) is 29.2 Å². The standard InChI is InChI=1S/C15H23NO3S/c1-14(2)13(10-15(14,3)19-4)16-11-8-6-7-9-12(11)20(5,17)18/h6-9,13,16H,10H2,1-5H3/t13-,15+/m0/s1. The molecular formula is C15H23NO3S. The molecule has 1 aromatic carbocycles. The number of nitrogens with one attached hydrogen (secondary N) is 1. The van der Waals surface area contributed by atoms with Gasteiger partial charge in [-0.2, -0.15) is 0 Å². The second kappa shape index (κ2) is 4.74. The summed E-state index contributed by atoms with van der Waals surface area (Å²) in [5.74, 6) is 0. The van der Waals surface area contributed by atoms with Gasteiger partial charge in [0.1, 0.15) is 0 Å². The Morgan fingerprint density at radius 3 is 2.35 bits per heavy atom. The third kappa shape index (κ3) is 2.33. The van der Waals surface area contributed by atoms with Gasteiger partial charge in [0.15, 0.2) is 9.84 Å². The first-order valence-electron chi connectivity index (χ1n) is 6.72. The summed E-state index contributed by atoms with van der Waals surface area (Å²) in [4.78, 5) is 0.349. The first kappa shape index (κ1) is 15.3. The van der Waals surface area contributed by atoms with Gasteiger partial charge in [0.2, 0.25) is 0 Å². The lowest BCUT2D eigenvalue weighted by Crippen LogP contribution is -2.65. The average Bonchev–Trinajstić information content (AvgIpc) is 2.37. The minimum absolute atomic E-state index is 0.0631. The van der Waals surface area contributed by atoms with E-state index in [4.69, 9.17) is 4.74 Å². The highest BCUT2D eigenvalue weighted by Crippen LogP contribution is 2.52. The molecule has 1 aliphatic rings. The largest absolute Gasteiger partial charge is 0.380 e. The number of para-hydroxylation sites is 1. The Bertz CT molecular complexity index is 609. The Balaban J connectivity index is 2.26. The molecule has 1 fully saturated rings. The number of hydrogen-bond donors (Lipinski definition) is 1. The molecule has 0 bridgehead atoms. The molecule has 1 saturated carbocycles. The molecule has 0 heterocycles. The molecule has 0 unspecified atom stereocenters. The molecule has 0 radical (unpaired) electrons. The molecule has 0 aromatic heterocycles. The highest BCUT2D eigenvalue weighted by Gasteiger charge is 2.57. The van der Waals surface area contributed by atoms with E-state index in [2.05, 4.69) is 26.1 Å². The van der Waals surface area contributed by atoms with E-state index in [0.717, 1.165) is 6.42 Å². The summed E-state index contributed by atoms with van der Waals surface area (Å²) >= 11 is 0. The maximum atomic E-state index is 11.8. The van der Waals surface area contributed by atoms with Crippen LogP contribution in [0.1, 0.15) is 27.2 Å². The van der Waals surface area contributed by atoms with E-state index in [1.54, 1.807) is 19.2 Å². The van der Waals surface area contributed by atoms with E-state index < -0.39 is 9.84 Å². The van der Waals surface area contributed by atoms with E-state index in [1.807, 2.05) is 12.1 Å². The number of methoxy groups -OCH3 is 1. The van der Waals surface area contributed by atoms with Crippen molar-refractivity contribution < 1.29 is 13.2 Å². The number of ether oxygens (including phenoxy) is 1. The van der Waals surface area contributed by atoms with Crippen molar-refractivity contribution in [3.05, 3.63) is 24.3 Å². The maximum absolute atomic E-state index is 11.8. The number of hydrogen-bond acceptors (Lipinski definition) is 4. The minimum atomic E-state index is -3.23.